The molecular formula is C25H24N4O3. The Morgan fingerprint density at radius 3 is 2.47 bits per heavy atom. The van der Waals surface area contributed by atoms with Gasteiger partial charge in [0, 0.05) is 23.9 Å². The largest absolute Gasteiger partial charge is 0.476 e. The van der Waals surface area contributed by atoms with Crippen molar-refractivity contribution >= 4 is 22.6 Å². The number of aromatic nitrogens is 3. The maximum Gasteiger partial charge on any atom is 0.356 e. The molecule has 0 bridgehead atoms. The molecule has 7 nitrogen and oxygen atoms in total. The molecule has 2 N–H and O–H groups in total. The number of rotatable bonds is 5. The standard InChI is InChI=1S/C25H24N4O3/c1-14-12-18(16(3)27-20-11-10-15(2)26-22(20)25(31)32)21-19(13-14)24(30)29(4)23(28-21)17-8-6-5-7-9-17/h5-13,16,27H,1-4H3,(H,31,32). The Labute approximate surface area is 185 Å². The molecule has 0 spiro atoms. The lowest BCUT2D eigenvalue weighted by molar-refractivity contribution is 0.0691. The van der Waals surface area contributed by atoms with E-state index >= 15 is 0 Å². The highest BCUT2D eigenvalue weighted by Gasteiger charge is 2.19. The minimum Gasteiger partial charge on any atom is -0.476 e. The van der Waals surface area contributed by atoms with Crippen molar-refractivity contribution in [3.05, 3.63) is 87.5 Å². The third-order valence-corrected chi connectivity index (χ3v) is 5.46. The lowest BCUT2D eigenvalue weighted by Gasteiger charge is -2.20. The number of carboxylic acid groups (broad SMARTS) is 1. The van der Waals surface area contributed by atoms with Crippen LogP contribution in [0, 0.1) is 13.8 Å². The predicted octanol–water partition coefficient (Wildman–Crippen LogP) is 4.48. The first kappa shape index (κ1) is 21.2. The Morgan fingerprint density at radius 1 is 1.06 bits per heavy atom. The van der Waals surface area contributed by atoms with E-state index in [0.29, 0.717) is 28.1 Å². The SMILES string of the molecule is Cc1cc(C(C)Nc2ccc(C)nc2C(=O)O)c2nc(-c3ccccc3)n(C)c(=O)c2c1. The fourth-order valence-corrected chi connectivity index (χ4v) is 3.88. The van der Waals surface area contributed by atoms with Crippen LogP contribution in [-0.2, 0) is 7.05 Å². The van der Waals surface area contributed by atoms with Crippen LogP contribution in [0.25, 0.3) is 22.3 Å². The third-order valence-electron chi connectivity index (χ3n) is 5.46. The maximum atomic E-state index is 13.2. The highest BCUT2D eigenvalue weighted by atomic mass is 16.4. The first-order valence-corrected chi connectivity index (χ1v) is 10.3. The molecule has 0 radical (unpaired) electrons. The number of nitrogens with zero attached hydrogens (tertiary/aromatic N) is 3. The summed E-state index contributed by atoms with van der Waals surface area (Å²) in [5.74, 6) is -0.528. The molecule has 0 aliphatic heterocycles. The van der Waals surface area contributed by atoms with Crippen molar-refractivity contribution in [1.82, 2.24) is 14.5 Å². The van der Waals surface area contributed by atoms with Crippen molar-refractivity contribution in [2.75, 3.05) is 5.32 Å². The van der Waals surface area contributed by atoms with Gasteiger partial charge in [-0.25, -0.2) is 14.8 Å². The first-order chi connectivity index (χ1) is 15.3. The van der Waals surface area contributed by atoms with Crippen LogP contribution < -0.4 is 10.9 Å². The number of benzene rings is 2. The first-order valence-electron chi connectivity index (χ1n) is 10.3. The van der Waals surface area contributed by atoms with Crippen LogP contribution in [0.2, 0.25) is 0 Å². The minimum absolute atomic E-state index is 0.0392. The van der Waals surface area contributed by atoms with Crippen molar-refractivity contribution in [3.63, 3.8) is 0 Å². The van der Waals surface area contributed by atoms with Gasteiger partial charge in [-0.1, -0.05) is 36.4 Å². The monoisotopic (exact) mass is 428 g/mol. The van der Waals surface area contributed by atoms with Gasteiger partial charge in [-0.2, -0.15) is 0 Å². The topological polar surface area (TPSA) is 97.1 Å². The molecule has 0 aliphatic rings. The number of aromatic carboxylic acids is 1. The van der Waals surface area contributed by atoms with Crippen LogP contribution in [0.15, 0.2) is 59.4 Å². The fraction of sp³-hybridized carbons (Fsp3) is 0.200. The van der Waals surface area contributed by atoms with Crippen molar-refractivity contribution in [2.45, 2.75) is 26.8 Å². The molecule has 7 heteroatoms. The van der Waals surface area contributed by atoms with Crippen LogP contribution in [0.5, 0.6) is 0 Å². The van der Waals surface area contributed by atoms with Gasteiger partial charge in [-0.3, -0.25) is 9.36 Å². The average Bonchev–Trinajstić information content (AvgIpc) is 2.77. The number of hydrogen-bond acceptors (Lipinski definition) is 5. The van der Waals surface area contributed by atoms with E-state index in [2.05, 4.69) is 10.3 Å². The number of aryl methyl sites for hydroxylation is 2. The summed E-state index contributed by atoms with van der Waals surface area (Å²) < 4.78 is 1.56. The molecule has 2 aromatic carbocycles. The van der Waals surface area contributed by atoms with Crippen LogP contribution in [-0.4, -0.2) is 25.6 Å². The molecule has 0 amide bonds. The summed E-state index contributed by atoms with van der Waals surface area (Å²) in [7, 11) is 1.72. The summed E-state index contributed by atoms with van der Waals surface area (Å²) >= 11 is 0. The van der Waals surface area contributed by atoms with E-state index in [-0.39, 0.29) is 17.3 Å². The highest BCUT2D eigenvalue weighted by molar-refractivity contribution is 5.92. The van der Waals surface area contributed by atoms with E-state index < -0.39 is 5.97 Å². The number of fused-ring (bicyclic) bond motifs is 1. The van der Waals surface area contributed by atoms with Gasteiger partial charge >= 0.3 is 5.97 Å². The Morgan fingerprint density at radius 2 is 1.78 bits per heavy atom. The molecule has 162 valence electrons. The summed E-state index contributed by atoms with van der Waals surface area (Å²) in [5, 5.41) is 13.3. The average molecular weight is 428 g/mol. The van der Waals surface area contributed by atoms with Crippen molar-refractivity contribution in [1.29, 1.82) is 0 Å². The quantitative estimate of drug-likeness (QED) is 0.486. The van der Waals surface area contributed by atoms with E-state index in [1.807, 2.05) is 56.3 Å². The maximum absolute atomic E-state index is 13.2. The number of carboxylic acids is 1. The number of pyridine rings is 1. The smallest absolute Gasteiger partial charge is 0.356 e. The lowest BCUT2D eigenvalue weighted by atomic mass is 10.0. The van der Waals surface area contributed by atoms with E-state index in [1.54, 1.807) is 30.7 Å². The molecule has 0 saturated heterocycles. The molecule has 4 aromatic rings. The van der Waals surface area contributed by atoms with E-state index in [0.717, 1.165) is 16.7 Å². The Bertz CT molecular complexity index is 1390. The number of carbonyl (C=O) groups is 1. The lowest BCUT2D eigenvalue weighted by Crippen LogP contribution is -2.22. The molecule has 0 aliphatic carbocycles. The fourth-order valence-electron chi connectivity index (χ4n) is 3.88. The Balaban J connectivity index is 1.88. The van der Waals surface area contributed by atoms with Gasteiger partial charge in [0.25, 0.3) is 5.56 Å². The van der Waals surface area contributed by atoms with Crippen molar-refractivity contribution in [3.8, 4) is 11.4 Å². The number of nitrogens with one attached hydrogen (secondary N) is 1. The normalized spacial score (nSPS) is 12.0. The van der Waals surface area contributed by atoms with E-state index in [4.69, 9.17) is 4.98 Å². The van der Waals surface area contributed by atoms with E-state index in [1.165, 1.54) is 0 Å². The zero-order valence-corrected chi connectivity index (χ0v) is 18.4. The van der Waals surface area contributed by atoms with Crippen LogP contribution in [0.1, 0.15) is 40.3 Å². The van der Waals surface area contributed by atoms with Gasteiger partial charge < -0.3 is 10.4 Å². The summed E-state index contributed by atoms with van der Waals surface area (Å²) in [6.07, 6.45) is 0. The molecule has 1 unspecified atom stereocenters. The van der Waals surface area contributed by atoms with Crippen molar-refractivity contribution < 1.29 is 9.90 Å². The second kappa shape index (κ2) is 8.26. The second-order valence-electron chi connectivity index (χ2n) is 7.94. The summed E-state index contributed by atoms with van der Waals surface area (Å²) in [6, 6.07) is 16.5. The summed E-state index contributed by atoms with van der Waals surface area (Å²) in [4.78, 5) is 33.9. The molecule has 0 saturated carbocycles. The zero-order chi connectivity index (χ0) is 23.0. The van der Waals surface area contributed by atoms with E-state index in [9.17, 15) is 14.7 Å². The summed E-state index contributed by atoms with van der Waals surface area (Å²) in [6.45, 7) is 5.59. The van der Waals surface area contributed by atoms with Gasteiger partial charge in [0.05, 0.1) is 22.6 Å². The zero-order valence-electron chi connectivity index (χ0n) is 18.4. The van der Waals surface area contributed by atoms with Gasteiger partial charge in [0.1, 0.15) is 5.82 Å². The van der Waals surface area contributed by atoms with Gasteiger partial charge in [0.2, 0.25) is 0 Å². The number of hydrogen-bond donors (Lipinski definition) is 2. The Kier molecular flexibility index (Phi) is 5.48. The third kappa shape index (κ3) is 3.85. The molecular weight excluding hydrogens is 404 g/mol. The second-order valence-corrected chi connectivity index (χ2v) is 7.94. The highest BCUT2D eigenvalue weighted by Crippen LogP contribution is 2.29. The van der Waals surface area contributed by atoms with Gasteiger partial charge in [-0.05, 0) is 44.5 Å². The minimum atomic E-state index is -1.10. The summed E-state index contributed by atoms with van der Waals surface area (Å²) in [5.41, 5.74) is 4.04. The van der Waals surface area contributed by atoms with Gasteiger partial charge in [0.15, 0.2) is 5.69 Å². The molecule has 1 atom stereocenters. The molecule has 32 heavy (non-hydrogen) atoms. The van der Waals surface area contributed by atoms with Crippen LogP contribution in [0.4, 0.5) is 5.69 Å². The van der Waals surface area contributed by atoms with Crippen LogP contribution in [0.3, 0.4) is 0 Å². The van der Waals surface area contributed by atoms with Gasteiger partial charge in [-0.15, -0.1) is 0 Å². The number of anilines is 1. The predicted molar refractivity (Wildman–Crippen MR) is 125 cm³/mol. The molecule has 2 heterocycles. The van der Waals surface area contributed by atoms with Crippen molar-refractivity contribution in [2.24, 2.45) is 7.05 Å². The molecule has 0 fully saturated rings. The Hall–Kier alpha value is -4.00. The molecule has 2 aromatic heterocycles. The van der Waals surface area contributed by atoms with Crippen LogP contribution >= 0.6 is 0 Å². The molecule has 4 rings (SSSR count).